The van der Waals surface area contributed by atoms with Gasteiger partial charge in [0.2, 0.25) is 5.91 Å². The van der Waals surface area contributed by atoms with Gasteiger partial charge in [-0.15, -0.1) is 0 Å². The normalized spacial score (nSPS) is 41.0. The molecule has 0 heterocycles. The Labute approximate surface area is 126 Å². The lowest BCUT2D eigenvalue weighted by Crippen LogP contribution is -2.40. The van der Waals surface area contributed by atoms with E-state index < -0.39 is 0 Å². The first-order chi connectivity index (χ1) is 10.1. The maximum absolute atomic E-state index is 12.2. The zero-order valence-corrected chi connectivity index (χ0v) is 12.5. The van der Waals surface area contributed by atoms with Crippen LogP contribution in [-0.2, 0) is 10.2 Å². The summed E-state index contributed by atoms with van der Waals surface area (Å²) in [4.78, 5) is 12.2. The summed E-state index contributed by atoms with van der Waals surface area (Å²) in [6.45, 7) is 4.31. The van der Waals surface area contributed by atoms with Crippen LogP contribution in [0.3, 0.4) is 0 Å². The number of benzene rings is 1. The minimum atomic E-state index is -0.285. The third kappa shape index (κ3) is 1.68. The number of carbonyl (C=O) groups excluding carboxylic acids is 1. The van der Waals surface area contributed by atoms with Gasteiger partial charge in [0.15, 0.2) is 0 Å². The van der Waals surface area contributed by atoms with E-state index in [2.05, 4.69) is 36.9 Å². The van der Waals surface area contributed by atoms with Gasteiger partial charge in [-0.05, 0) is 61.3 Å². The molecule has 1 aromatic rings. The second-order valence-electron chi connectivity index (χ2n) is 7.54. The number of fused-ring (bicyclic) bond motifs is 2. The van der Waals surface area contributed by atoms with Crippen molar-refractivity contribution >= 4 is 5.91 Å². The van der Waals surface area contributed by atoms with Crippen molar-refractivity contribution in [3.8, 4) is 0 Å². The molecule has 0 spiro atoms. The SMILES string of the molecule is C=C1CCC2(c3ccccc3)CC3(C(N)=O)CC1CC2C3. The molecule has 2 heteroatoms. The molecule has 3 bridgehead atoms. The van der Waals surface area contributed by atoms with E-state index in [0.717, 1.165) is 32.1 Å². The van der Waals surface area contributed by atoms with Gasteiger partial charge >= 0.3 is 0 Å². The molecule has 0 aromatic heterocycles. The van der Waals surface area contributed by atoms with Crippen LogP contribution in [0, 0.1) is 17.3 Å². The molecule has 4 atom stereocenters. The van der Waals surface area contributed by atoms with Crippen LogP contribution in [0.2, 0.25) is 0 Å². The Balaban J connectivity index is 1.87. The molecular weight excluding hydrogens is 258 g/mol. The topological polar surface area (TPSA) is 43.1 Å². The second kappa shape index (κ2) is 4.22. The van der Waals surface area contributed by atoms with Gasteiger partial charge in [-0.25, -0.2) is 0 Å². The second-order valence-corrected chi connectivity index (χ2v) is 7.54. The molecule has 0 saturated heterocycles. The van der Waals surface area contributed by atoms with E-state index in [-0.39, 0.29) is 16.7 Å². The Kier molecular flexibility index (Phi) is 2.64. The summed E-state index contributed by atoms with van der Waals surface area (Å²) in [5.41, 5.74) is 8.48. The molecule has 2 nitrogen and oxygen atoms in total. The predicted octanol–water partition coefficient (Wildman–Crippen LogP) is 3.57. The predicted molar refractivity (Wildman–Crippen MR) is 83.6 cm³/mol. The maximum atomic E-state index is 12.2. The standard InChI is InChI=1S/C19H23NO/c1-13-7-8-19(15-5-3-2-4-6-15)12-18(17(20)21)10-14(13)9-16(19)11-18/h2-6,14,16H,1,7-12H2,(H2,20,21). The molecular formula is C19H23NO. The summed E-state index contributed by atoms with van der Waals surface area (Å²) in [5.74, 6) is 1.01. The molecule has 4 unspecified atom stereocenters. The number of rotatable bonds is 2. The molecule has 3 fully saturated rings. The molecule has 3 saturated carbocycles. The van der Waals surface area contributed by atoms with Crippen molar-refractivity contribution in [3.63, 3.8) is 0 Å². The molecule has 21 heavy (non-hydrogen) atoms. The van der Waals surface area contributed by atoms with E-state index in [9.17, 15) is 4.79 Å². The zero-order chi connectivity index (χ0) is 14.7. The molecule has 3 aliphatic rings. The van der Waals surface area contributed by atoms with Gasteiger partial charge in [-0.2, -0.15) is 0 Å². The van der Waals surface area contributed by atoms with Crippen molar-refractivity contribution in [2.45, 2.75) is 43.9 Å². The maximum Gasteiger partial charge on any atom is 0.223 e. The number of amides is 1. The first-order valence-corrected chi connectivity index (χ1v) is 8.09. The van der Waals surface area contributed by atoms with Gasteiger partial charge < -0.3 is 5.73 Å². The summed E-state index contributed by atoms with van der Waals surface area (Å²) >= 11 is 0. The Bertz CT molecular complexity index is 605. The summed E-state index contributed by atoms with van der Waals surface area (Å²) in [6.07, 6.45) is 6.31. The van der Waals surface area contributed by atoms with Crippen LogP contribution in [-0.4, -0.2) is 5.91 Å². The van der Waals surface area contributed by atoms with Gasteiger partial charge in [0.1, 0.15) is 0 Å². The van der Waals surface area contributed by atoms with Crippen LogP contribution >= 0.6 is 0 Å². The van der Waals surface area contributed by atoms with Crippen LogP contribution in [0.1, 0.15) is 44.1 Å². The van der Waals surface area contributed by atoms with Crippen LogP contribution in [0.4, 0.5) is 0 Å². The zero-order valence-electron chi connectivity index (χ0n) is 12.5. The lowest BCUT2D eigenvalue weighted by Gasteiger charge is -2.36. The highest BCUT2D eigenvalue weighted by molar-refractivity contribution is 5.82. The van der Waals surface area contributed by atoms with Crippen LogP contribution in [0.25, 0.3) is 0 Å². The van der Waals surface area contributed by atoms with Crippen LogP contribution in [0.15, 0.2) is 42.5 Å². The molecule has 0 aliphatic heterocycles. The number of hydrogen-bond donors (Lipinski definition) is 1. The molecule has 1 amide bonds. The minimum absolute atomic E-state index is 0.0790. The minimum Gasteiger partial charge on any atom is -0.369 e. The Hall–Kier alpha value is -1.57. The number of allylic oxidation sites excluding steroid dienone is 1. The third-order valence-corrected chi connectivity index (χ3v) is 6.62. The molecule has 1 aromatic carbocycles. The monoisotopic (exact) mass is 281 g/mol. The Morgan fingerprint density at radius 1 is 1.24 bits per heavy atom. The quantitative estimate of drug-likeness (QED) is 0.827. The van der Waals surface area contributed by atoms with Crippen molar-refractivity contribution in [1.82, 2.24) is 0 Å². The van der Waals surface area contributed by atoms with E-state index in [0.29, 0.717) is 11.8 Å². The fourth-order valence-electron chi connectivity index (χ4n) is 5.58. The summed E-state index contributed by atoms with van der Waals surface area (Å²) in [6, 6.07) is 10.8. The number of hydrogen-bond acceptors (Lipinski definition) is 1. The van der Waals surface area contributed by atoms with Crippen molar-refractivity contribution < 1.29 is 4.79 Å². The first-order valence-electron chi connectivity index (χ1n) is 8.09. The highest BCUT2D eigenvalue weighted by Crippen LogP contribution is 2.66. The average Bonchev–Trinajstić information content (AvgIpc) is 2.69. The van der Waals surface area contributed by atoms with E-state index in [1.807, 2.05) is 0 Å². The lowest BCUT2D eigenvalue weighted by molar-refractivity contribution is -0.129. The van der Waals surface area contributed by atoms with Crippen LogP contribution in [0.5, 0.6) is 0 Å². The smallest absolute Gasteiger partial charge is 0.223 e. The van der Waals surface area contributed by atoms with Crippen molar-refractivity contribution in [1.29, 1.82) is 0 Å². The lowest BCUT2D eigenvalue weighted by atomic mass is 9.68. The van der Waals surface area contributed by atoms with Gasteiger partial charge in [0.25, 0.3) is 0 Å². The van der Waals surface area contributed by atoms with E-state index in [1.165, 1.54) is 17.6 Å². The fraction of sp³-hybridized carbons (Fsp3) is 0.526. The Morgan fingerprint density at radius 3 is 2.71 bits per heavy atom. The van der Waals surface area contributed by atoms with Crippen molar-refractivity contribution in [2.75, 3.05) is 0 Å². The van der Waals surface area contributed by atoms with E-state index in [1.54, 1.807) is 0 Å². The largest absolute Gasteiger partial charge is 0.369 e. The van der Waals surface area contributed by atoms with Gasteiger partial charge in [-0.1, -0.05) is 42.5 Å². The average molecular weight is 281 g/mol. The summed E-state index contributed by atoms with van der Waals surface area (Å²) in [7, 11) is 0. The number of primary amides is 1. The first kappa shape index (κ1) is 13.1. The molecule has 110 valence electrons. The van der Waals surface area contributed by atoms with Gasteiger partial charge in [0, 0.05) is 0 Å². The van der Waals surface area contributed by atoms with Crippen molar-refractivity contribution in [2.24, 2.45) is 23.0 Å². The van der Waals surface area contributed by atoms with Crippen molar-refractivity contribution in [3.05, 3.63) is 48.0 Å². The molecule has 2 N–H and O–H groups in total. The summed E-state index contributed by atoms with van der Waals surface area (Å²) in [5, 5.41) is 0. The van der Waals surface area contributed by atoms with Gasteiger partial charge in [0.05, 0.1) is 5.41 Å². The number of nitrogens with two attached hydrogens (primary N) is 1. The highest BCUT2D eigenvalue weighted by atomic mass is 16.1. The van der Waals surface area contributed by atoms with E-state index >= 15 is 0 Å². The molecule has 4 rings (SSSR count). The molecule has 0 radical (unpaired) electrons. The van der Waals surface area contributed by atoms with Gasteiger partial charge in [-0.3, -0.25) is 4.79 Å². The summed E-state index contributed by atoms with van der Waals surface area (Å²) < 4.78 is 0. The third-order valence-electron chi connectivity index (χ3n) is 6.62. The molecule has 3 aliphatic carbocycles. The fourth-order valence-corrected chi connectivity index (χ4v) is 5.58. The Morgan fingerprint density at radius 2 is 2.00 bits per heavy atom. The highest BCUT2D eigenvalue weighted by Gasteiger charge is 2.62. The number of carbonyl (C=O) groups is 1. The van der Waals surface area contributed by atoms with Crippen LogP contribution < -0.4 is 5.73 Å². The van der Waals surface area contributed by atoms with E-state index in [4.69, 9.17) is 5.73 Å².